The van der Waals surface area contributed by atoms with Gasteiger partial charge in [0.25, 0.3) is 0 Å². The van der Waals surface area contributed by atoms with Gasteiger partial charge in [0.2, 0.25) is 11.8 Å². The van der Waals surface area contributed by atoms with Crippen LogP contribution < -0.4 is 16.0 Å². The maximum Gasteiger partial charge on any atom is 0.239 e. The molecule has 0 aromatic carbocycles. The molecular formula is C14H28ClN3O2. The molecule has 1 saturated heterocycles. The van der Waals surface area contributed by atoms with E-state index in [1.807, 2.05) is 0 Å². The van der Waals surface area contributed by atoms with Crippen molar-refractivity contribution in [2.45, 2.75) is 39.5 Å². The fraction of sp³-hybridized carbons (Fsp3) is 0.857. The van der Waals surface area contributed by atoms with Crippen LogP contribution in [0.3, 0.4) is 0 Å². The number of rotatable bonds is 8. The summed E-state index contributed by atoms with van der Waals surface area (Å²) in [5.41, 5.74) is 0. The molecule has 0 saturated carbocycles. The Kier molecular flexibility index (Phi) is 10.5. The number of carbonyl (C=O) groups is 2. The Balaban J connectivity index is 0.00000361. The lowest BCUT2D eigenvalue weighted by Crippen LogP contribution is -2.37. The van der Waals surface area contributed by atoms with Crippen molar-refractivity contribution < 1.29 is 9.59 Å². The molecule has 0 aromatic heterocycles. The van der Waals surface area contributed by atoms with Crippen LogP contribution in [0.5, 0.6) is 0 Å². The number of carbonyl (C=O) groups excluding carboxylic acids is 2. The summed E-state index contributed by atoms with van der Waals surface area (Å²) >= 11 is 0. The third-order valence-electron chi connectivity index (χ3n) is 3.43. The van der Waals surface area contributed by atoms with Crippen molar-refractivity contribution in [2.75, 3.05) is 26.2 Å². The van der Waals surface area contributed by atoms with Crippen molar-refractivity contribution in [2.24, 2.45) is 11.8 Å². The summed E-state index contributed by atoms with van der Waals surface area (Å²) in [7, 11) is 0. The molecule has 1 unspecified atom stereocenters. The van der Waals surface area contributed by atoms with E-state index < -0.39 is 0 Å². The fourth-order valence-corrected chi connectivity index (χ4v) is 2.13. The number of nitrogens with one attached hydrogen (secondary N) is 3. The summed E-state index contributed by atoms with van der Waals surface area (Å²) in [6.45, 7) is 7.11. The van der Waals surface area contributed by atoms with E-state index in [0.29, 0.717) is 24.8 Å². The van der Waals surface area contributed by atoms with Gasteiger partial charge in [0.05, 0.1) is 6.54 Å². The average Bonchev–Trinajstić information content (AvgIpc) is 2.87. The first kappa shape index (κ1) is 19.2. The molecule has 6 heteroatoms. The molecule has 1 aliphatic heterocycles. The summed E-state index contributed by atoms with van der Waals surface area (Å²) in [5.74, 6) is 1.06. The molecule has 1 fully saturated rings. The first-order valence-corrected chi connectivity index (χ1v) is 7.32. The van der Waals surface area contributed by atoms with E-state index >= 15 is 0 Å². The first-order valence-electron chi connectivity index (χ1n) is 7.32. The van der Waals surface area contributed by atoms with Crippen LogP contribution in [0.4, 0.5) is 0 Å². The van der Waals surface area contributed by atoms with Gasteiger partial charge >= 0.3 is 0 Å². The minimum atomic E-state index is -0.0937. The molecule has 118 valence electrons. The summed E-state index contributed by atoms with van der Waals surface area (Å²) in [4.78, 5) is 23.0. The summed E-state index contributed by atoms with van der Waals surface area (Å²) in [6, 6.07) is 0. The smallest absolute Gasteiger partial charge is 0.239 e. The standard InChI is InChI=1S/C14H27N3O2.ClH/c1-11(2)3-4-13(18)17-10-14(19)16-8-6-12-5-7-15-9-12;/h11-12,15H,3-10H2,1-2H3,(H,16,19)(H,17,18);1H. The Morgan fingerprint density at radius 3 is 2.60 bits per heavy atom. The predicted molar refractivity (Wildman–Crippen MR) is 82.9 cm³/mol. The van der Waals surface area contributed by atoms with Crippen molar-refractivity contribution in [3.05, 3.63) is 0 Å². The molecule has 1 atom stereocenters. The van der Waals surface area contributed by atoms with Crippen LogP contribution in [0.2, 0.25) is 0 Å². The van der Waals surface area contributed by atoms with Gasteiger partial charge in [-0.1, -0.05) is 13.8 Å². The molecule has 0 spiro atoms. The normalized spacial score (nSPS) is 17.6. The van der Waals surface area contributed by atoms with Crippen LogP contribution in [0.25, 0.3) is 0 Å². The van der Waals surface area contributed by atoms with Crippen molar-refractivity contribution in [1.29, 1.82) is 0 Å². The van der Waals surface area contributed by atoms with Crippen LogP contribution in [-0.2, 0) is 9.59 Å². The van der Waals surface area contributed by atoms with Crippen LogP contribution >= 0.6 is 12.4 Å². The van der Waals surface area contributed by atoms with Gasteiger partial charge in [-0.2, -0.15) is 0 Å². The zero-order valence-corrected chi connectivity index (χ0v) is 13.4. The van der Waals surface area contributed by atoms with E-state index in [9.17, 15) is 9.59 Å². The van der Waals surface area contributed by atoms with E-state index in [-0.39, 0.29) is 30.8 Å². The van der Waals surface area contributed by atoms with Gasteiger partial charge in [0, 0.05) is 13.0 Å². The molecule has 0 radical (unpaired) electrons. The Morgan fingerprint density at radius 1 is 1.25 bits per heavy atom. The molecule has 0 bridgehead atoms. The summed E-state index contributed by atoms with van der Waals surface area (Å²) in [6.07, 6.45) is 3.57. The minimum absolute atomic E-state index is 0. The number of amides is 2. The summed E-state index contributed by atoms with van der Waals surface area (Å²) in [5, 5.41) is 8.81. The zero-order chi connectivity index (χ0) is 14.1. The molecular weight excluding hydrogens is 278 g/mol. The quantitative estimate of drug-likeness (QED) is 0.628. The monoisotopic (exact) mass is 305 g/mol. The van der Waals surface area contributed by atoms with E-state index in [2.05, 4.69) is 29.8 Å². The van der Waals surface area contributed by atoms with Crippen LogP contribution in [0.1, 0.15) is 39.5 Å². The highest BCUT2D eigenvalue weighted by molar-refractivity contribution is 5.85. The first-order chi connectivity index (χ1) is 9.08. The maximum absolute atomic E-state index is 11.5. The Hall–Kier alpha value is -0.810. The molecule has 20 heavy (non-hydrogen) atoms. The minimum Gasteiger partial charge on any atom is -0.355 e. The van der Waals surface area contributed by atoms with Crippen LogP contribution in [0.15, 0.2) is 0 Å². The average molecular weight is 306 g/mol. The Labute approximate surface area is 128 Å². The number of hydrogen-bond acceptors (Lipinski definition) is 3. The van der Waals surface area contributed by atoms with Crippen LogP contribution in [-0.4, -0.2) is 38.0 Å². The van der Waals surface area contributed by atoms with Gasteiger partial charge in [-0.15, -0.1) is 12.4 Å². The molecule has 1 heterocycles. The third kappa shape index (κ3) is 9.15. The molecule has 1 aliphatic rings. The lowest BCUT2D eigenvalue weighted by Gasteiger charge is -2.10. The predicted octanol–water partition coefficient (Wildman–Crippen LogP) is 1.08. The van der Waals surface area contributed by atoms with Gasteiger partial charge in [-0.05, 0) is 44.2 Å². The lowest BCUT2D eigenvalue weighted by molar-refractivity contribution is -0.126. The Bertz CT molecular complexity index is 292. The number of halogens is 1. The maximum atomic E-state index is 11.5. The van der Waals surface area contributed by atoms with Gasteiger partial charge in [-0.25, -0.2) is 0 Å². The zero-order valence-electron chi connectivity index (χ0n) is 12.5. The van der Waals surface area contributed by atoms with Gasteiger partial charge in [0.15, 0.2) is 0 Å². The van der Waals surface area contributed by atoms with Crippen molar-refractivity contribution in [1.82, 2.24) is 16.0 Å². The second-order valence-corrected chi connectivity index (χ2v) is 5.71. The van der Waals surface area contributed by atoms with E-state index in [1.165, 1.54) is 6.42 Å². The number of hydrogen-bond donors (Lipinski definition) is 3. The Morgan fingerprint density at radius 2 is 2.00 bits per heavy atom. The molecule has 1 rings (SSSR count). The van der Waals surface area contributed by atoms with Gasteiger partial charge in [0.1, 0.15) is 0 Å². The lowest BCUT2D eigenvalue weighted by atomic mass is 10.1. The second kappa shape index (κ2) is 10.9. The molecule has 5 nitrogen and oxygen atoms in total. The highest BCUT2D eigenvalue weighted by Gasteiger charge is 2.14. The molecule has 0 aromatic rings. The van der Waals surface area contributed by atoms with Crippen LogP contribution in [0, 0.1) is 11.8 Å². The van der Waals surface area contributed by atoms with Gasteiger partial charge in [-0.3, -0.25) is 9.59 Å². The van der Waals surface area contributed by atoms with Crippen molar-refractivity contribution in [3.8, 4) is 0 Å². The molecule has 3 N–H and O–H groups in total. The van der Waals surface area contributed by atoms with E-state index in [1.54, 1.807) is 0 Å². The van der Waals surface area contributed by atoms with Crippen molar-refractivity contribution in [3.63, 3.8) is 0 Å². The highest BCUT2D eigenvalue weighted by atomic mass is 35.5. The topological polar surface area (TPSA) is 70.2 Å². The highest BCUT2D eigenvalue weighted by Crippen LogP contribution is 2.10. The van der Waals surface area contributed by atoms with E-state index in [0.717, 1.165) is 25.9 Å². The van der Waals surface area contributed by atoms with Crippen molar-refractivity contribution >= 4 is 24.2 Å². The second-order valence-electron chi connectivity index (χ2n) is 5.71. The van der Waals surface area contributed by atoms with E-state index in [4.69, 9.17) is 0 Å². The molecule has 2 amide bonds. The summed E-state index contributed by atoms with van der Waals surface area (Å²) < 4.78 is 0. The van der Waals surface area contributed by atoms with Gasteiger partial charge < -0.3 is 16.0 Å². The SMILES string of the molecule is CC(C)CCC(=O)NCC(=O)NCCC1CCNC1.Cl. The molecule has 0 aliphatic carbocycles. The fourth-order valence-electron chi connectivity index (χ4n) is 2.13. The largest absolute Gasteiger partial charge is 0.355 e. The third-order valence-corrected chi connectivity index (χ3v) is 3.43.